The summed E-state index contributed by atoms with van der Waals surface area (Å²) in [4.78, 5) is 14.3. The minimum atomic E-state index is -0.128. The second kappa shape index (κ2) is 9.20. The molecule has 2 rings (SSSR count). The molecule has 5 heteroatoms. The lowest BCUT2D eigenvalue weighted by molar-refractivity contribution is 0.00221. The number of hydrogen-bond donors (Lipinski definition) is 1. The maximum absolute atomic E-state index is 12.5. The van der Waals surface area contributed by atoms with E-state index in [1.54, 1.807) is 11.0 Å². The van der Waals surface area contributed by atoms with E-state index in [-0.39, 0.29) is 12.1 Å². The van der Waals surface area contributed by atoms with Crippen LogP contribution in [0.3, 0.4) is 0 Å². The molecule has 1 atom stereocenters. The highest BCUT2D eigenvalue weighted by Gasteiger charge is 2.21. The summed E-state index contributed by atoms with van der Waals surface area (Å²) in [5.41, 5.74) is 0.669. The van der Waals surface area contributed by atoms with Crippen molar-refractivity contribution in [2.24, 2.45) is 0 Å². The van der Waals surface area contributed by atoms with Gasteiger partial charge in [-0.15, -0.1) is 0 Å². The summed E-state index contributed by atoms with van der Waals surface area (Å²) in [5, 5.41) is 2.93. The molecular weight excluding hydrogens is 292 g/mol. The van der Waals surface area contributed by atoms with E-state index in [4.69, 9.17) is 9.47 Å². The lowest BCUT2D eigenvalue weighted by Gasteiger charge is -2.29. The van der Waals surface area contributed by atoms with Gasteiger partial charge in [-0.2, -0.15) is 0 Å². The summed E-state index contributed by atoms with van der Waals surface area (Å²) in [6, 6.07) is 7.29. The predicted octanol–water partition coefficient (Wildman–Crippen LogP) is 3.67. The van der Waals surface area contributed by atoms with Crippen molar-refractivity contribution in [3.63, 3.8) is 0 Å². The van der Waals surface area contributed by atoms with Gasteiger partial charge in [0.1, 0.15) is 12.4 Å². The van der Waals surface area contributed by atoms with Gasteiger partial charge in [-0.05, 0) is 38.3 Å². The zero-order valence-corrected chi connectivity index (χ0v) is 13.8. The fourth-order valence-electron chi connectivity index (χ4n) is 2.59. The summed E-state index contributed by atoms with van der Waals surface area (Å²) >= 11 is 0. The van der Waals surface area contributed by atoms with E-state index < -0.39 is 0 Å². The van der Waals surface area contributed by atoms with E-state index in [2.05, 4.69) is 11.9 Å². The molecule has 0 aliphatic carbocycles. The number of urea groups is 1. The largest absolute Gasteiger partial charge is 0.487 e. The Balaban J connectivity index is 1.97. The molecule has 126 valence electrons. The molecule has 2 amide bonds. The van der Waals surface area contributed by atoms with Gasteiger partial charge in [-0.25, -0.2) is 4.79 Å². The maximum atomic E-state index is 12.5. The number of carbonyl (C=O) groups excluding carboxylic acids is 1. The maximum Gasteiger partial charge on any atom is 0.322 e. The highest BCUT2D eigenvalue weighted by Crippen LogP contribution is 2.24. The number of benzene rings is 1. The monoisotopic (exact) mass is 318 g/mol. The number of anilines is 1. The van der Waals surface area contributed by atoms with Crippen molar-refractivity contribution in [3.8, 4) is 5.75 Å². The number of ether oxygens (including phenoxy) is 2. The van der Waals surface area contributed by atoms with Gasteiger partial charge < -0.3 is 19.7 Å². The lowest BCUT2D eigenvalue weighted by Crippen LogP contribution is -2.41. The summed E-state index contributed by atoms with van der Waals surface area (Å²) in [6.07, 6.45) is 5.12. The van der Waals surface area contributed by atoms with Gasteiger partial charge in [0.25, 0.3) is 0 Å². The third-order valence-corrected chi connectivity index (χ3v) is 3.85. The Bertz CT molecular complexity index is 513. The van der Waals surface area contributed by atoms with Crippen LogP contribution in [0.4, 0.5) is 10.5 Å². The van der Waals surface area contributed by atoms with Crippen molar-refractivity contribution in [1.29, 1.82) is 0 Å². The zero-order chi connectivity index (χ0) is 16.5. The number of carbonyl (C=O) groups is 1. The van der Waals surface area contributed by atoms with Crippen molar-refractivity contribution in [1.82, 2.24) is 4.90 Å². The molecule has 0 radical (unpaired) electrons. The highest BCUT2D eigenvalue weighted by atomic mass is 16.5. The van der Waals surface area contributed by atoms with Crippen molar-refractivity contribution in [2.45, 2.75) is 32.3 Å². The van der Waals surface area contributed by atoms with E-state index in [0.717, 1.165) is 19.4 Å². The van der Waals surface area contributed by atoms with Crippen molar-refractivity contribution in [2.75, 3.05) is 31.6 Å². The second-order valence-electron chi connectivity index (χ2n) is 5.55. The molecule has 0 bridgehead atoms. The van der Waals surface area contributed by atoms with Crippen molar-refractivity contribution in [3.05, 3.63) is 36.9 Å². The standard InChI is InChI=1S/C18H26N2O3/c1-3-12-23-17-11-6-5-10-16(17)19-18(21)20(4-2)14-15-9-7-8-13-22-15/h3,5-6,10-11,15H,1,4,7-9,12-14H2,2H3,(H,19,21). The molecule has 1 aliphatic heterocycles. The second-order valence-corrected chi connectivity index (χ2v) is 5.55. The van der Waals surface area contributed by atoms with E-state index in [0.29, 0.717) is 31.1 Å². The summed E-state index contributed by atoms with van der Waals surface area (Å²) in [7, 11) is 0. The van der Waals surface area contributed by atoms with Gasteiger partial charge in [0, 0.05) is 19.7 Å². The van der Waals surface area contributed by atoms with Crippen LogP contribution in [0.25, 0.3) is 0 Å². The summed E-state index contributed by atoms with van der Waals surface area (Å²) in [6.45, 7) is 8.07. The SMILES string of the molecule is C=CCOc1ccccc1NC(=O)N(CC)CC1CCCCO1. The first-order valence-electron chi connectivity index (χ1n) is 8.24. The average Bonchev–Trinajstić information content (AvgIpc) is 2.59. The number of amides is 2. The van der Waals surface area contributed by atoms with Crippen LogP contribution < -0.4 is 10.1 Å². The number of rotatable bonds is 7. The normalized spacial score (nSPS) is 17.3. The minimum Gasteiger partial charge on any atom is -0.487 e. The van der Waals surface area contributed by atoms with E-state index in [1.807, 2.05) is 31.2 Å². The minimum absolute atomic E-state index is 0.128. The van der Waals surface area contributed by atoms with Crippen molar-refractivity contribution < 1.29 is 14.3 Å². The molecule has 23 heavy (non-hydrogen) atoms. The van der Waals surface area contributed by atoms with Gasteiger partial charge in [-0.3, -0.25) is 0 Å². The molecule has 0 spiro atoms. The fourth-order valence-corrected chi connectivity index (χ4v) is 2.59. The molecule has 1 heterocycles. The van der Waals surface area contributed by atoms with Gasteiger partial charge in [0.2, 0.25) is 0 Å². The lowest BCUT2D eigenvalue weighted by atomic mass is 10.1. The third-order valence-electron chi connectivity index (χ3n) is 3.85. The van der Waals surface area contributed by atoms with Crippen LogP contribution in [-0.4, -0.2) is 43.3 Å². The summed E-state index contributed by atoms with van der Waals surface area (Å²) < 4.78 is 11.3. The topological polar surface area (TPSA) is 50.8 Å². The van der Waals surface area contributed by atoms with E-state index in [9.17, 15) is 4.79 Å². The molecule has 1 unspecified atom stereocenters. The van der Waals surface area contributed by atoms with Crippen LogP contribution in [-0.2, 0) is 4.74 Å². The first kappa shape index (κ1) is 17.3. The van der Waals surface area contributed by atoms with Gasteiger partial charge in [-0.1, -0.05) is 24.8 Å². The van der Waals surface area contributed by atoms with Crippen LogP contribution >= 0.6 is 0 Å². The van der Waals surface area contributed by atoms with Crippen molar-refractivity contribution >= 4 is 11.7 Å². The Hall–Kier alpha value is -2.01. The number of para-hydroxylation sites is 2. The first-order chi connectivity index (χ1) is 11.2. The molecular formula is C18H26N2O3. The molecule has 0 saturated carbocycles. The number of nitrogens with zero attached hydrogens (tertiary/aromatic N) is 1. The molecule has 1 saturated heterocycles. The average molecular weight is 318 g/mol. The van der Waals surface area contributed by atoms with Crippen LogP contribution in [0.1, 0.15) is 26.2 Å². The fraction of sp³-hybridized carbons (Fsp3) is 0.500. The smallest absolute Gasteiger partial charge is 0.322 e. The Morgan fingerprint density at radius 3 is 3.00 bits per heavy atom. The van der Waals surface area contributed by atoms with Crippen LogP contribution in [0, 0.1) is 0 Å². The third kappa shape index (κ3) is 5.28. The van der Waals surface area contributed by atoms with Crippen LogP contribution in [0.2, 0.25) is 0 Å². The van der Waals surface area contributed by atoms with Gasteiger partial charge in [0.15, 0.2) is 0 Å². The Morgan fingerprint density at radius 1 is 1.48 bits per heavy atom. The molecule has 0 aromatic heterocycles. The van der Waals surface area contributed by atoms with Crippen LogP contribution in [0.15, 0.2) is 36.9 Å². The number of nitrogens with one attached hydrogen (secondary N) is 1. The van der Waals surface area contributed by atoms with E-state index >= 15 is 0 Å². The molecule has 5 nitrogen and oxygen atoms in total. The van der Waals surface area contributed by atoms with Crippen LogP contribution in [0.5, 0.6) is 5.75 Å². The highest BCUT2D eigenvalue weighted by molar-refractivity contribution is 5.91. The molecule has 1 aliphatic rings. The first-order valence-corrected chi connectivity index (χ1v) is 8.24. The quantitative estimate of drug-likeness (QED) is 0.780. The number of hydrogen-bond acceptors (Lipinski definition) is 3. The Kier molecular flexibility index (Phi) is 6.94. The summed E-state index contributed by atoms with van der Waals surface area (Å²) in [5.74, 6) is 0.644. The molecule has 1 N–H and O–H groups in total. The molecule has 1 aromatic rings. The molecule has 1 aromatic carbocycles. The number of likely N-dealkylation sites (N-methyl/N-ethyl adjacent to an activating group) is 1. The van der Waals surface area contributed by atoms with Gasteiger partial charge in [0.05, 0.1) is 11.8 Å². The molecule has 1 fully saturated rings. The Labute approximate surface area is 138 Å². The zero-order valence-electron chi connectivity index (χ0n) is 13.8. The van der Waals surface area contributed by atoms with Gasteiger partial charge >= 0.3 is 6.03 Å². The predicted molar refractivity (Wildman–Crippen MR) is 92.0 cm³/mol. The van der Waals surface area contributed by atoms with E-state index in [1.165, 1.54) is 6.42 Å². The Morgan fingerprint density at radius 2 is 2.30 bits per heavy atom.